The van der Waals surface area contributed by atoms with Gasteiger partial charge in [0.15, 0.2) is 0 Å². The molecule has 7 nitrogen and oxygen atoms in total. The quantitative estimate of drug-likeness (QED) is 0.267. The van der Waals surface area contributed by atoms with Gasteiger partial charge in [0.25, 0.3) is 0 Å². The Kier molecular flexibility index (Phi) is 8.86. The van der Waals surface area contributed by atoms with Crippen LogP contribution in [-0.2, 0) is 34.1 Å². The van der Waals surface area contributed by atoms with Crippen LogP contribution in [0, 0.1) is 11.2 Å². The van der Waals surface area contributed by atoms with Crippen molar-refractivity contribution in [3.05, 3.63) is 101 Å². The molecular weight excluding hydrogens is 596 g/mol. The number of nitrogens with one attached hydrogen (secondary N) is 2. The zero-order valence-electron chi connectivity index (χ0n) is 24.2. The third kappa shape index (κ3) is 6.81. The van der Waals surface area contributed by atoms with Crippen molar-refractivity contribution in [2.24, 2.45) is 10.4 Å². The zero-order valence-corrected chi connectivity index (χ0v) is 25.0. The van der Waals surface area contributed by atoms with Crippen LogP contribution in [0.4, 0.5) is 17.6 Å². The number of hydrogen-bond acceptors (Lipinski definition) is 5. The second kappa shape index (κ2) is 12.3. The van der Waals surface area contributed by atoms with Crippen LogP contribution in [0.25, 0.3) is 0 Å². The summed E-state index contributed by atoms with van der Waals surface area (Å²) < 4.78 is 81.6. The smallest absolute Gasteiger partial charge is 0.358 e. The van der Waals surface area contributed by atoms with Crippen molar-refractivity contribution in [2.45, 2.75) is 62.3 Å². The fourth-order valence-corrected chi connectivity index (χ4v) is 7.00. The first-order chi connectivity index (χ1) is 20.8. The van der Waals surface area contributed by atoms with Crippen LogP contribution in [0.15, 0.2) is 88.8 Å². The van der Waals surface area contributed by atoms with Gasteiger partial charge in [0.1, 0.15) is 17.2 Å². The van der Waals surface area contributed by atoms with E-state index in [-0.39, 0.29) is 30.4 Å². The summed E-state index contributed by atoms with van der Waals surface area (Å²) in [5, 5.41) is 6.30. The van der Waals surface area contributed by atoms with Crippen molar-refractivity contribution >= 4 is 21.8 Å². The van der Waals surface area contributed by atoms with E-state index in [4.69, 9.17) is 4.99 Å². The van der Waals surface area contributed by atoms with E-state index in [2.05, 4.69) is 10.6 Å². The molecular formula is C32H34F4N4O3S. The summed E-state index contributed by atoms with van der Waals surface area (Å²) in [7, 11) is -4.13. The number of sulfonamides is 1. The number of amidine groups is 1. The molecule has 234 valence electrons. The summed E-state index contributed by atoms with van der Waals surface area (Å²) in [6.45, 7) is 2.25. The number of carbonyl (C=O) groups is 1. The first-order valence-corrected chi connectivity index (χ1v) is 15.8. The van der Waals surface area contributed by atoms with Crippen molar-refractivity contribution in [3.63, 3.8) is 0 Å². The molecule has 0 spiro atoms. The molecule has 1 aliphatic carbocycles. The third-order valence-electron chi connectivity index (χ3n) is 8.49. The number of aliphatic imine (C=N–C) groups is 1. The minimum Gasteiger partial charge on any atom is -0.358 e. The van der Waals surface area contributed by atoms with E-state index in [0.29, 0.717) is 24.4 Å². The topological polar surface area (TPSA) is 90.9 Å². The molecule has 44 heavy (non-hydrogen) atoms. The maximum absolute atomic E-state index is 13.7. The molecule has 1 amide bonds. The van der Waals surface area contributed by atoms with Gasteiger partial charge < -0.3 is 10.6 Å². The number of benzene rings is 3. The van der Waals surface area contributed by atoms with Gasteiger partial charge in [0, 0.05) is 25.0 Å². The van der Waals surface area contributed by atoms with E-state index < -0.39 is 38.5 Å². The van der Waals surface area contributed by atoms with Crippen LogP contribution in [0.2, 0.25) is 0 Å². The summed E-state index contributed by atoms with van der Waals surface area (Å²) >= 11 is 0. The van der Waals surface area contributed by atoms with Crippen LogP contribution in [-0.4, -0.2) is 43.1 Å². The van der Waals surface area contributed by atoms with Crippen molar-refractivity contribution in [1.29, 1.82) is 0 Å². The SMILES string of the molecule is C[C@]1(C(=O)NCc2ccccc2)CN=C(C2(CCN(Cc3ccc(C(F)(F)F)cc3)S(=O)(=O)c3ccc(F)cc3)CCC2)N1. The molecule has 1 aliphatic heterocycles. The van der Waals surface area contributed by atoms with Gasteiger partial charge in [-0.05, 0) is 73.7 Å². The molecule has 1 saturated carbocycles. The molecule has 12 heteroatoms. The van der Waals surface area contributed by atoms with Gasteiger partial charge in [-0.25, -0.2) is 12.8 Å². The number of carbonyl (C=O) groups excluding carboxylic acids is 1. The monoisotopic (exact) mass is 630 g/mol. The molecule has 1 atom stereocenters. The predicted molar refractivity (Wildman–Crippen MR) is 158 cm³/mol. The number of amides is 1. The van der Waals surface area contributed by atoms with Gasteiger partial charge in [-0.1, -0.05) is 48.9 Å². The Labute approximate surface area is 254 Å². The van der Waals surface area contributed by atoms with Crippen molar-refractivity contribution in [1.82, 2.24) is 14.9 Å². The van der Waals surface area contributed by atoms with Crippen molar-refractivity contribution in [3.8, 4) is 0 Å². The Balaban J connectivity index is 1.32. The molecule has 2 N–H and O–H groups in total. The van der Waals surface area contributed by atoms with E-state index in [0.717, 1.165) is 49.1 Å². The fourth-order valence-electron chi connectivity index (χ4n) is 5.57. The van der Waals surface area contributed by atoms with Gasteiger partial charge in [0.05, 0.1) is 17.0 Å². The van der Waals surface area contributed by atoms with Gasteiger partial charge >= 0.3 is 6.18 Å². The standard InChI is InChI=1S/C32H34F4N4O3S/c1-30(29(41)37-20-23-6-3-2-4-7-23)22-38-28(39-30)31(16-5-17-31)18-19-40(44(42,43)27-14-12-26(33)13-15-27)21-24-8-10-25(11-9-24)32(34,35)36/h2-4,6-15H,5,16-22H2,1H3,(H,37,41)(H,38,39)/t30-/m1/s1. The summed E-state index contributed by atoms with van der Waals surface area (Å²) in [6, 6.07) is 18.4. The second-order valence-electron chi connectivity index (χ2n) is 11.7. The Bertz CT molecular complexity index is 1610. The highest BCUT2D eigenvalue weighted by molar-refractivity contribution is 7.89. The van der Waals surface area contributed by atoms with E-state index >= 15 is 0 Å². The molecule has 0 bridgehead atoms. The van der Waals surface area contributed by atoms with Crippen LogP contribution in [0.1, 0.15) is 49.3 Å². The minimum absolute atomic E-state index is 0.0400. The first kappa shape index (κ1) is 31.6. The van der Waals surface area contributed by atoms with E-state index in [1.165, 1.54) is 28.6 Å². The molecule has 3 aromatic carbocycles. The lowest BCUT2D eigenvalue weighted by molar-refractivity contribution is -0.137. The van der Waals surface area contributed by atoms with E-state index in [9.17, 15) is 30.8 Å². The maximum atomic E-state index is 13.7. The lowest BCUT2D eigenvalue weighted by atomic mass is 9.65. The van der Waals surface area contributed by atoms with Crippen LogP contribution in [0.5, 0.6) is 0 Å². The van der Waals surface area contributed by atoms with Crippen LogP contribution < -0.4 is 10.6 Å². The summed E-state index contributed by atoms with van der Waals surface area (Å²) in [4.78, 5) is 17.7. The van der Waals surface area contributed by atoms with Crippen molar-refractivity contribution < 1.29 is 30.8 Å². The number of hydrogen-bond donors (Lipinski definition) is 2. The van der Waals surface area contributed by atoms with E-state index in [1.54, 1.807) is 6.92 Å². The van der Waals surface area contributed by atoms with Gasteiger partial charge in [0.2, 0.25) is 15.9 Å². The number of halogens is 4. The molecule has 2 aliphatic rings. The molecule has 1 fully saturated rings. The molecule has 0 saturated heterocycles. The Hall–Kier alpha value is -3.77. The highest BCUT2D eigenvalue weighted by atomic mass is 32.2. The largest absolute Gasteiger partial charge is 0.416 e. The number of alkyl halides is 3. The Morgan fingerprint density at radius 1 is 0.977 bits per heavy atom. The second-order valence-corrected chi connectivity index (χ2v) is 13.6. The fraction of sp³-hybridized carbons (Fsp3) is 0.375. The first-order valence-electron chi connectivity index (χ1n) is 14.4. The Morgan fingerprint density at radius 2 is 1.64 bits per heavy atom. The summed E-state index contributed by atoms with van der Waals surface area (Å²) in [6.07, 6.45) is -1.75. The van der Waals surface area contributed by atoms with Gasteiger partial charge in [-0.2, -0.15) is 17.5 Å². The van der Waals surface area contributed by atoms with Crippen LogP contribution >= 0.6 is 0 Å². The third-order valence-corrected chi connectivity index (χ3v) is 10.3. The normalized spacial score (nSPS) is 19.6. The van der Waals surface area contributed by atoms with Crippen molar-refractivity contribution in [2.75, 3.05) is 13.1 Å². The average molecular weight is 631 g/mol. The molecule has 1 heterocycles. The Morgan fingerprint density at radius 3 is 2.23 bits per heavy atom. The number of nitrogens with zero attached hydrogens (tertiary/aromatic N) is 2. The summed E-state index contributed by atoms with van der Waals surface area (Å²) in [5.41, 5.74) is -0.926. The molecule has 3 aromatic rings. The zero-order chi connectivity index (χ0) is 31.6. The molecule has 5 rings (SSSR count). The highest BCUT2D eigenvalue weighted by Gasteiger charge is 2.49. The maximum Gasteiger partial charge on any atom is 0.416 e. The lowest BCUT2D eigenvalue weighted by Gasteiger charge is -2.44. The van der Waals surface area contributed by atoms with Crippen LogP contribution in [0.3, 0.4) is 0 Å². The predicted octanol–water partition coefficient (Wildman–Crippen LogP) is 5.67. The minimum atomic E-state index is -4.52. The molecule has 0 unspecified atom stereocenters. The van der Waals surface area contributed by atoms with E-state index in [1.807, 2.05) is 30.3 Å². The highest BCUT2D eigenvalue weighted by Crippen LogP contribution is 2.46. The molecule has 0 aromatic heterocycles. The summed E-state index contributed by atoms with van der Waals surface area (Å²) in [5.74, 6) is -0.125. The van der Waals surface area contributed by atoms with Gasteiger partial charge in [-0.3, -0.25) is 9.79 Å². The van der Waals surface area contributed by atoms with Gasteiger partial charge in [-0.15, -0.1) is 0 Å². The lowest BCUT2D eigenvalue weighted by Crippen LogP contribution is -2.58. The average Bonchev–Trinajstić information content (AvgIpc) is 3.38. The number of rotatable bonds is 11. The molecule has 0 radical (unpaired) electrons.